The van der Waals surface area contributed by atoms with Crippen molar-refractivity contribution in [2.75, 3.05) is 11.1 Å². The largest absolute Gasteiger partial charge is 0.457 e. The Balaban J connectivity index is 1.50. The number of anilines is 2. The highest BCUT2D eigenvalue weighted by molar-refractivity contribution is 5.93. The minimum Gasteiger partial charge on any atom is -0.457 e. The van der Waals surface area contributed by atoms with Crippen molar-refractivity contribution in [2.45, 2.75) is 0 Å². The van der Waals surface area contributed by atoms with Gasteiger partial charge in [-0.1, -0.05) is 48.5 Å². The van der Waals surface area contributed by atoms with Crippen LogP contribution in [0.3, 0.4) is 0 Å². The molecule has 3 aromatic carbocycles. The third-order valence-corrected chi connectivity index (χ3v) is 4.07. The first-order chi connectivity index (χ1) is 13.7. The van der Waals surface area contributed by atoms with E-state index >= 15 is 0 Å². The summed E-state index contributed by atoms with van der Waals surface area (Å²) in [5, 5.41) is 6.94. The first-order valence-corrected chi connectivity index (χ1v) is 8.74. The lowest BCUT2D eigenvalue weighted by molar-refractivity contribution is 0.251. The van der Waals surface area contributed by atoms with Gasteiger partial charge in [-0.2, -0.15) is 4.68 Å². The molecule has 6 heteroatoms. The zero-order valence-electron chi connectivity index (χ0n) is 14.9. The van der Waals surface area contributed by atoms with Gasteiger partial charge in [-0.3, -0.25) is 0 Å². The molecule has 4 rings (SSSR count). The topological polar surface area (TPSA) is 82.2 Å². The van der Waals surface area contributed by atoms with Crippen molar-refractivity contribution < 1.29 is 9.53 Å². The van der Waals surface area contributed by atoms with Gasteiger partial charge in [0.1, 0.15) is 17.3 Å². The average Bonchev–Trinajstić information content (AvgIpc) is 3.13. The summed E-state index contributed by atoms with van der Waals surface area (Å²) in [6, 6.07) is 27.4. The Morgan fingerprint density at radius 2 is 1.46 bits per heavy atom. The van der Waals surface area contributed by atoms with E-state index in [4.69, 9.17) is 10.5 Å². The molecule has 6 nitrogen and oxygen atoms in total. The number of carbonyl (C=O) groups is 1. The molecule has 0 spiro atoms. The molecule has 0 aliphatic heterocycles. The number of rotatable bonds is 4. The van der Waals surface area contributed by atoms with Crippen LogP contribution in [-0.2, 0) is 0 Å². The highest BCUT2D eigenvalue weighted by Gasteiger charge is 2.15. The fraction of sp³-hybridized carbons (Fsp3) is 0. The van der Waals surface area contributed by atoms with Crippen molar-refractivity contribution in [3.63, 3.8) is 0 Å². The summed E-state index contributed by atoms with van der Waals surface area (Å²) in [6.07, 6.45) is 0. The molecule has 0 fully saturated rings. The first kappa shape index (κ1) is 17.4. The molecule has 0 atom stereocenters. The lowest BCUT2D eigenvalue weighted by atomic mass is 10.1. The number of nitrogens with zero attached hydrogens (tertiary/aromatic N) is 2. The van der Waals surface area contributed by atoms with Crippen LogP contribution in [0.15, 0.2) is 91.0 Å². The Morgan fingerprint density at radius 1 is 0.857 bits per heavy atom. The number of hydrogen-bond acceptors (Lipinski definition) is 4. The molecule has 0 aliphatic carbocycles. The number of nitrogen functional groups attached to an aromatic ring is 1. The summed E-state index contributed by atoms with van der Waals surface area (Å²) in [5.41, 5.74) is 7.92. The van der Waals surface area contributed by atoms with E-state index in [2.05, 4.69) is 10.4 Å². The standard InChI is InChI=1S/C22H18N4O2/c23-21-15-20(16-7-3-1-4-8-16)26(25-21)22(27)24-17-11-13-19(14-12-17)28-18-9-5-2-6-10-18/h1-15H,(H2,23,25)(H,24,27). The van der Waals surface area contributed by atoms with Gasteiger partial charge < -0.3 is 15.8 Å². The molecule has 0 aliphatic rings. The molecule has 0 saturated heterocycles. The van der Waals surface area contributed by atoms with Gasteiger partial charge in [0.15, 0.2) is 0 Å². The van der Waals surface area contributed by atoms with Gasteiger partial charge in [0.05, 0.1) is 5.69 Å². The van der Waals surface area contributed by atoms with Gasteiger partial charge in [-0.05, 0) is 36.4 Å². The molecular weight excluding hydrogens is 352 g/mol. The number of carbonyl (C=O) groups excluding carboxylic acids is 1. The van der Waals surface area contributed by atoms with Gasteiger partial charge in [-0.15, -0.1) is 5.10 Å². The van der Waals surface area contributed by atoms with Crippen LogP contribution in [-0.4, -0.2) is 15.8 Å². The van der Waals surface area contributed by atoms with Gasteiger partial charge >= 0.3 is 6.03 Å². The molecule has 28 heavy (non-hydrogen) atoms. The molecule has 1 heterocycles. The molecular formula is C22H18N4O2. The van der Waals surface area contributed by atoms with Crippen LogP contribution >= 0.6 is 0 Å². The van der Waals surface area contributed by atoms with E-state index in [1.807, 2.05) is 60.7 Å². The second kappa shape index (κ2) is 7.67. The van der Waals surface area contributed by atoms with E-state index in [1.165, 1.54) is 4.68 Å². The van der Waals surface area contributed by atoms with E-state index in [9.17, 15) is 4.79 Å². The van der Waals surface area contributed by atoms with E-state index in [-0.39, 0.29) is 5.82 Å². The maximum atomic E-state index is 12.7. The first-order valence-electron chi connectivity index (χ1n) is 8.74. The molecule has 0 bridgehead atoms. The van der Waals surface area contributed by atoms with Crippen molar-refractivity contribution in [2.24, 2.45) is 0 Å². The molecule has 1 amide bonds. The Hall–Kier alpha value is -4.06. The Labute approximate surface area is 162 Å². The number of nitrogens with two attached hydrogens (primary N) is 1. The van der Waals surface area contributed by atoms with Gasteiger partial charge in [0, 0.05) is 17.3 Å². The average molecular weight is 370 g/mol. The number of benzene rings is 3. The highest BCUT2D eigenvalue weighted by atomic mass is 16.5. The lowest BCUT2D eigenvalue weighted by Crippen LogP contribution is -2.21. The second-order valence-corrected chi connectivity index (χ2v) is 6.10. The fourth-order valence-corrected chi connectivity index (χ4v) is 2.78. The maximum Gasteiger partial charge on any atom is 0.347 e. The summed E-state index contributed by atoms with van der Waals surface area (Å²) in [6.45, 7) is 0. The van der Waals surface area contributed by atoms with Crippen molar-refractivity contribution in [3.8, 4) is 22.8 Å². The molecule has 3 N–H and O–H groups in total. The van der Waals surface area contributed by atoms with Crippen molar-refractivity contribution in [1.82, 2.24) is 9.78 Å². The minimum atomic E-state index is -0.396. The van der Waals surface area contributed by atoms with Crippen LogP contribution in [0.1, 0.15) is 0 Å². The molecule has 138 valence electrons. The minimum absolute atomic E-state index is 0.278. The van der Waals surface area contributed by atoms with Crippen LogP contribution in [0, 0.1) is 0 Å². The number of aromatic nitrogens is 2. The lowest BCUT2D eigenvalue weighted by Gasteiger charge is -2.10. The zero-order chi connectivity index (χ0) is 19.3. The summed E-state index contributed by atoms with van der Waals surface area (Å²) in [5.74, 6) is 1.71. The van der Waals surface area contributed by atoms with E-state index in [0.29, 0.717) is 17.1 Å². The van der Waals surface area contributed by atoms with Crippen LogP contribution < -0.4 is 15.8 Å². The van der Waals surface area contributed by atoms with Crippen LogP contribution in [0.2, 0.25) is 0 Å². The maximum absolute atomic E-state index is 12.7. The molecule has 4 aromatic rings. The summed E-state index contributed by atoms with van der Waals surface area (Å²) in [7, 11) is 0. The normalized spacial score (nSPS) is 10.4. The molecule has 1 aromatic heterocycles. The number of amides is 1. The van der Waals surface area contributed by atoms with E-state index in [1.54, 1.807) is 30.3 Å². The number of nitrogens with one attached hydrogen (secondary N) is 1. The van der Waals surface area contributed by atoms with Crippen LogP contribution in [0.4, 0.5) is 16.3 Å². The quantitative estimate of drug-likeness (QED) is 0.529. The van der Waals surface area contributed by atoms with Crippen molar-refractivity contribution >= 4 is 17.5 Å². The number of para-hydroxylation sites is 1. The van der Waals surface area contributed by atoms with Gasteiger partial charge in [-0.25, -0.2) is 4.79 Å². The van der Waals surface area contributed by atoms with Crippen molar-refractivity contribution in [1.29, 1.82) is 0 Å². The zero-order valence-corrected chi connectivity index (χ0v) is 14.9. The van der Waals surface area contributed by atoms with Crippen molar-refractivity contribution in [3.05, 3.63) is 91.0 Å². The highest BCUT2D eigenvalue weighted by Crippen LogP contribution is 2.24. The monoisotopic (exact) mass is 370 g/mol. The Bertz CT molecular complexity index is 1070. The van der Waals surface area contributed by atoms with Gasteiger partial charge in [0.2, 0.25) is 0 Å². The Kier molecular flexibility index (Phi) is 4.76. The summed E-state index contributed by atoms with van der Waals surface area (Å²) < 4.78 is 7.02. The third-order valence-electron chi connectivity index (χ3n) is 4.07. The number of ether oxygens (including phenoxy) is 1. The van der Waals surface area contributed by atoms with Crippen LogP contribution in [0.5, 0.6) is 11.5 Å². The summed E-state index contributed by atoms with van der Waals surface area (Å²) in [4.78, 5) is 12.7. The fourth-order valence-electron chi connectivity index (χ4n) is 2.78. The predicted molar refractivity (Wildman–Crippen MR) is 109 cm³/mol. The van der Waals surface area contributed by atoms with Gasteiger partial charge in [0.25, 0.3) is 0 Å². The molecule has 0 unspecified atom stereocenters. The molecule has 0 radical (unpaired) electrons. The third kappa shape index (κ3) is 3.86. The smallest absolute Gasteiger partial charge is 0.347 e. The van der Waals surface area contributed by atoms with Crippen LogP contribution in [0.25, 0.3) is 11.3 Å². The Morgan fingerprint density at radius 3 is 2.14 bits per heavy atom. The predicted octanol–water partition coefficient (Wildman–Crippen LogP) is 5.00. The second-order valence-electron chi connectivity index (χ2n) is 6.10. The van der Waals surface area contributed by atoms with E-state index in [0.717, 1.165) is 11.3 Å². The van der Waals surface area contributed by atoms with E-state index < -0.39 is 6.03 Å². The summed E-state index contributed by atoms with van der Waals surface area (Å²) >= 11 is 0. The SMILES string of the molecule is Nc1cc(-c2ccccc2)n(C(=O)Nc2ccc(Oc3ccccc3)cc2)n1. The number of hydrogen-bond donors (Lipinski definition) is 2. The molecule has 0 saturated carbocycles.